The third-order valence-electron chi connectivity index (χ3n) is 3.41. The number of carboxylic acid groups (broad SMARTS) is 1. The fourth-order valence-electron chi connectivity index (χ4n) is 2.31. The lowest BCUT2D eigenvalue weighted by Gasteiger charge is -2.26. The van der Waals surface area contributed by atoms with E-state index in [2.05, 4.69) is 10.3 Å². The molecule has 0 radical (unpaired) electrons. The van der Waals surface area contributed by atoms with E-state index in [9.17, 15) is 9.90 Å². The highest BCUT2D eigenvalue weighted by atomic mass is 16.4. The number of hydrogen-bond donors (Lipinski definition) is 2. The Balaban J connectivity index is 2.10. The summed E-state index contributed by atoms with van der Waals surface area (Å²) in [6.07, 6.45) is 2.73. The second-order valence-electron chi connectivity index (χ2n) is 4.87. The minimum Gasteiger partial charge on any atom is -0.476 e. The Morgan fingerprint density at radius 3 is 3.00 bits per heavy atom. The second-order valence-corrected chi connectivity index (χ2v) is 4.87. The van der Waals surface area contributed by atoms with Gasteiger partial charge in [-0.2, -0.15) is 0 Å². The molecule has 94 valence electrons. The number of imidazole rings is 1. The average Bonchev–Trinajstić information content (AvgIpc) is 2.61. The predicted octanol–water partition coefficient (Wildman–Crippen LogP) is 1.10. The number of aryl methyl sites for hydroxylation is 1. The van der Waals surface area contributed by atoms with Gasteiger partial charge in [0.15, 0.2) is 5.69 Å². The number of carboxylic acids is 1. The molecule has 0 atom stereocenters. The lowest BCUT2D eigenvalue weighted by atomic mass is 9.99. The van der Waals surface area contributed by atoms with Crippen molar-refractivity contribution in [2.24, 2.45) is 5.92 Å². The molecule has 1 aliphatic heterocycles. The molecule has 0 unspecified atom stereocenters. The van der Waals surface area contributed by atoms with E-state index >= 15 is 0 Å². The van der Waals surface area contributed by atoms with E-state index in [1.165, 1.54) is 0 Å². The van der Waals surface area contributed by atoms with E-state index < -0.39 is 5.97 Å². The van der Waals surface area contributed by atoms with Crippen molar-refractivity contribution in [1.82, 2.24) is 14.7 Å². The Bertz CT molecular complexity index is 614. The van der Waals surface area contributed by atoms with Crippen molar-refractivity contribution in [2.45, 2.75) is 13.3 Å². The molecule has 2 aromatic rings. The highest BCUT2D eigenvalue weighted by Crippen LogP contribution is 2.19. The zero-order valence-electron chi connectivity index (χ0n) is 10.2. The van der Waals surface area contributed by atoms with Crippen molar-refractivity contribution in [3.8, 4) is 0 Å². The van der Waals surface area contributed by atoms with Gasteiger partial charge in [0.1, 0.15) is 5.82 Å². The largest absolute Gasteiger partial charge is 0.476 e. The second kappa shape index (κ2) is 4.10. The van der Waals surface area contributed by atoms with Crippen LogP contribution in [0.1, 0.15) is 21.9 Å². The van der Waals surface area contributed by atoms with E-state index in [1.54, 1.807) is 0 Å². The number of nitrogens with one attached hydrogen (secondary N) is 1. The molecule has 1 aliphatic rings. The molecule has 0 spiro atoms. The fraction of sp³-hybridized carbons (Fsp3) is 0.385. The number of carbonyl (C=O) groups is 1. The molecule has 0 amide bonds. The maximum Gasteiger partial charge on any atom is 0.356 e. The van der Waals surface area contributed by atoms with Crippen molar-refractivity contribution >= 4 is 11.5 Å². The highest BCUT2D eigenvalue weighted by molar-refractivity contribution is 5.93. The molecule has 3 rings (SSSR count). The molecule has 2 N–H and O–H groups in total. The van der Waals surface area contributed by atoms with E-state index in [0.717, 1.165) is 30.9 Å². The van der Waals surface area contributed by atoms with Gasteiger partial charge in [0.25, 0.3) is 0 Å². The van der Waals surface area contributed by atoms with Crippen LogP contribution in [0.2, 0.25) is 0 Å². The molecule has 0 bridgehead atoms. The summed E-state index contributed by atoms with van der Waals surface area (Å²) in [5.74, 6) is 0.448. The van der Waals surface area contributed by atoms with E-state index in [1.807, 2.05) is 29.7 Å². The molecule has 3 heterocycles. The standard InChI is InChI=1S/C13H15N3O2/c1-8-2-3-16-10(4-8)12(13(17)18)15-11(16)5-9-6-14-7-9/h2-4,9,14H,5-7H2,1H3,(H,17,18). The quantitative estimate of drug-likeness (QED) is 0.850. The van der Waals surface area contributed by atoms with Gasteiger partial charge in [-0.1, -0.05) is 0 Å². The summed E-state index contributed by atoms with van der Waals surface area (Å²) in [7, 11) is 0. The maximum absolute atomic E-state index is 11.2. The average molecular weight is 245 g/mol. The minimum atomic E-state index is -0.962. The van der Waals surface area contributed by atoms with Crippen molar-refractivity contribution in [1.29, 1.82) is 0 Å². The Labute approximate surface area is 104 Å². The molecule has 0 aromatic carbocycles. The van der Waals surface area contributed by atoms with Gasteiger partial charge in [-0.25, -0.2) is 9.78 Å². The topological polar surface area (TPSA) is 66.6 Å². The van der Waals surface area contributed by atoms with Crippen LogP contribution >= 0.6 is 0 Å². The van der Waals surface area contributed by atoms with Gasteiger partial charge < -0.3 is 14.8 Å². The first-order valence-corrected chi connectivity index (χ1v) is 6.07. The first kappa shape index (κ1) is 11.2. The molecule has 1 saturated heterocycles. The number of aromatic carboxylic acids is 1. The molecule has 5 nitrogen and oxygen atoms in total. The van der Waals surface area contributed by atoms with Crippen LogP contribution in [0.5, 0.6) is 0 Å². The van der Waals surface area contributed by atoms with Crippen LogP contribution in [-0.2, 0) is 6.42 Å². The number of fused-ring (bicyclic) bond motifs is 1. The number of nitrogens with zero attached hydrogens (tertiary/aromatic N) is 2. The van der Waals surface area contributed by atoms with Crippen LogP contribution in [0, 0.1) is 12.8 Å². The summed E-state index contributed by atoms with van der Waals surface area (Å²) in [5.41, 5.74) is 1.88. The van der Waals surface area contributed by atoms with Crippen LogP contribution in [0.3, 0.4) is 0 Å². The summed E-state index contributed by atoms with van der Waals surface area (Å²) in [6, 6.07) is 3.85. The summed E-state index contributed by atoms with van der Waals surface area (Å²) in [4.78, 5) is 15.5. The maximum atomic E-state index is 11.2. The molecule has 1 fully saturated rings. The van der Waals surface area contributed by atoms with Crippen LogP contribution in [-0.4, -0.2) is 33.6 Å². The van der Waals surface area contributed by atoms with Crippen LogP contribution in [0.25, 0.3) is 5.52 Å². The Morgan fingerprint density at radius 1 is 1.61 bits per heavy atom. The minimum absolute atomic E-state index is 0.154. The van der Waals surface area contributed by atoms with Crippen LogP contribution in [0.15, 0.2) is 18.3 Å². The highest BCUT2D eigenvalue weighted by Gasteiger charge is 2.22. The van der Waals surface area contributed by atoms with E-state index in [4.69, 9.17) is 0 Å². The van der Waals surface area contributed by atoms with Gasteiger partial charge in [-0.3, -0.25) is 0 Å². The van der Waals surface area contributed by atoms with Crippen LogP contribution < -0.4 is 5.32 Å². The molecular weight excluding hydrogens is 230 g/mol. The molecular formula is C13H15N3O2. The van der Waals surface area contributed by atoms with Gasteiger partial charge in [0.05, 0.1) is 5.52 Å². The van der Waals surface area contributed by atoms with Gasteiger partial charge in [-0.15, -0.1) is 0 Å². The monoisotopic (exact) mass is 245 g/mol. The Morgan fingerprint density at radius 2 is 2.39 bits per heavy atom. The summed E-state index contributed by atoms with van der Waals surface area (Å²) >= 11 is 0. The Kier molecular flexibility index (Phi) is 2.56. The zero-order chi connectivity index (χ0) is 12.7. The van der Waals surface area contributed by atoms with Gasteiger partial charge in [-0.05, 0) is 43.6 Å². The zero-order valence-corrected chi connectivity index (χ0v) is 10.2. The van der Waals surface area contributed by atoms with Gasteiger partial charge in [0, 0.05) is 12.6 Å². The number of aromatic nitrogens is 2. The molecule has 2 aromatic heterocycles. The first-order chi connectivity index (χ1) is 8.65. The summed E-state index contributed by atoms with van der Waals surface area (Å²) in [5, 5.41) is 12.4. The molecule has 5 heteroatoms. The first-order valence-electron chi connectivity index (χ1n) is 6.07. The molecule has 0 saturated carbocycles. The molecule has 18 heavy (non-hydrogen) atoms. The lowest BCUT2D eigenvalue weighted by Crippen LogP contribution is -2.43. The predicted molar refractivity (Wildman–Crippen MR) is 67.0 cm³/mol. The van der Waals surface area contributed by atoms with Crippen molar-refractivity contribution in [3.63, 3.8) is 0 Å². The van der Waals surface area contributed by atoms with Gasteiger partial charge >= 0.3 is 5.97 Å². The number of pyridine rings is 1. The van der Waals surface area contributed by atoms with E-state index in [-0.39, 0.29) is 5.69 Å². The van der Waals surface area contributed by atoms with Crippen molar-refractivity contribution < 1.29 is 9.90 Å². The summed E-state index contributed by atoms with van der Waals surface area (Å²) in [6.45, 7) is 3.93. The SMILES string of the molecule is Cc1ccn2c(CC3CNC3)nc(C(=O)O)c2c1. The lowest BCUT2D eigenvalue weighted by molar-refractivity contribution is 0.0693. The fourth-order valence-corrected chi connectivity index (χ4v) is 2.31. The number of hydrogen-bond acceptors (Lipinski definition) is 3. The smallest absolute Gasteiger partial charge is 0.356 e. The Hall–Kier alpha value is -1.88. The van der Waals surface area contributed by atoms with Crippen LogP contribution in [0.4, 0.5) is 0 Å². The summed E-state index contributed by atoms with van der Waals surface area (Å²) < 4.78 is 1.90. The van der Waals surface area contributed by atoms with Crippen molar-refractivity contribution in [3.05, 3.63) is 35.4 Å². The van der Waals surface area contributed by atoms with Gasteiger partial charge in [0.2, 0.25) is 0 Å². The van der Waals surface area contributed by atoms with E-state index in [0.29, 0.717) is 11.4 Å². The normalized spacial score (nSPS) is 15.8. The third kappa shape index (κ3) is 1.76. The molecule has 0 aliphatic carbocycles. The third-order valence-corrected chi connectivity index (χ3v) is 3.41. The number of rotatable bonds is 3. The van der Waals surface area contributed by atoms with Crippen molar-refractivity contribution in [2.75, 3.05) is 13.1 Å².